The summed E-state index contributed by atoms with van der Waals surface area (Å²) in [6.07, 6.45) is -0.575. The Kier molecular flexibility index (Phi) is 5.13. The maximum atomic E-state index is 12.4. The summed E-state index contributed by atoms with van der Waals surface area (Å²) < 4.78 is 5.66. The number of ether oxygens (including phenoxy) is 1. The molecule has 0 saturated carbocycles. The van der Waals surface area contributed by atoms with Crippen molar-refractivity contribution in [1.82, 2.24) is 10.2 Å². The Morgan fingerprint density at radius 2 is 2.25 bits per heavy atom. The van der Waals surface area contributed by atoms with Crippen molar-refractivity contribution in [2.24, 2.45) is 0 Å². The minimum atomic E-state index is -0.575. The molecule has 2 rings (SSSR count). The topological polar surface area (TPSA) is 41.6 Å². The van der Waals surface area contributed by atoms with Crippen molar-refractivity contribution in [3.05, 3.63) is 28.2 Å². The first-order valence-electron chi connectivity index (χ1n) is 6.62. The summed E-state index contributed by atoms with van der Waals surface area (Å²) in [7, 11) is 0. The first-order valence-corrected chi connectivity index (χ1v) is 7.37. The molecule has 0 spiro atoms. The van der Waals surface area contributed by atoms with E-state index >= 15 is 0 Å². The maximum absolute atomic E-state index is 12.4. The van der Waals surface area contributed by atoms with Gasteiger partial charge in [0.15, 0.2) is 6.10 Å². The monoisotopic (exact) mass is 316 g/mol. The van der Waals surface area contributed by atoms with Crippen molar-refractivity contribution < 1.29 is 9.53 Å². The zero-order valence-electron chi connectivity index (χ0n) is 11.5. The van der Waals surface area contributed by atoms with Gasteiger partial charge in [-0.3, -0.25) is 4.79 Å². The molecule has 0 radical (unpaired) electrons. The van der Waals surface area contributed by atoms with E-state index in [0.717, 1.165) is 13.1 Å². The summed E-state index contributed by atoms with van der Waals surface area (Å²) in [5.41, 5.74) is 0. The quantitative estimate of drug-likeness (QED) is 0.932. The third-order valence-electron chi connectivity index (χ3n) is 3.33. The van der Waals surface area contributed by atoms with Crippen LogP contribution in [0.5, 0.6) is 5.75 Å². The molecule has 0 aromatic heterocycles. The summed E-state index contributed by atoms with van der Waals surface area (Å²) in [5, 5.41) is 4.20. The fourth-order valence-electron chi connectivity index (χ4n) is 2.21. The Balaban J connectivity index is 2.03. The Morgan fingerprint density at radius 1 is 1.50 bits per heavy atom. The van der Waals surface area contributed by atoms with E-state index < -0.39 is 6.10 Å². The third kappa shape index (κ3) is 3.57. The van der Waals surface area contributed by atoms with Crippen LogP contribution in [0.1, 0.15) is 13.8 Å². The van der Waals surface area contributed by atoms with Crippen LogP contribution in [-0.2, 0) is 4.79 Å². The molecule has 1 amide bonds. The molecule has 0 bridgehead atoms. The minimum absolute atomic E-state index is 0.0231. The average molecular weight is 317 g/mol. The molecule has 1 N–H and O–H groups in total. The first kappa shape index (κ1) is 15.4. The van der Waals surface area contributed by atoms with Crippen molar-refractivity contribution in [3.63, 3.8) is 0 Å². The fourth-order valence-corrected chi connectivity index (χ4v) is 2.67. The molecule has 1 fully saturated rings. The number of nitrogens with one attached hydrogen (secondary N) is 1. The zero-order chi connectivity index (χ0) is 14.7. The van der Waals surface area contributed by atoms with Gasteiger partial charge in [-0.1, -0.05) is 23.2 Å². The molecule has 20 heavy (non-hydrogen) atoms. The van der Waals surface area contributed by atoms with Gasteiger partial charge in [0.25, 0.3) is 5.91 Å². The van der Waals surface area contributed by atoms with Crippen LogP contribution in [0.4, 0.5) is 0 Å². The number of hydrogen-bond acceptors (Lipinski definition) is 3. The van der Waals surface area contributed by atoms with Crippen LogP contribution in [0, 0.1) is 0 Å². The number of piperazine rings is 1. The Labute approximate surface area is 129 Å². The molecule has 4 nitrogen and oxygen atoms in total. The highest BCUT2D eigenvalue weighted by Gasteiger charge is 2.28. The van der Waals surface area contributed by atoms with Gasteiger partial charge in [0.2, 0.25) is 0 Å². The zero-order valence-corrected chi connectivity index (χ0v) is 13.0. The van der Waals surface area contributed by atoms with E-state index in [1.54, 1.807) is 25.1 Å². The van der Waals surface area contributed by atoms with E-state index in [1.807, 2.05) is 11.8 Å². The molecule has 1 aliphatic rings. The molecule has 1 saturated heterocycles. The van der Waals surface area contributed by atoms with E-state index in [2.05, 4.69) is 5.32 Å². The molecule has 1 aromatic carbocycles. The predicted molar refractivity (Wildman–Crippen MR) is 80.6 cm³/mol. The summed E-state index contributed by atoms with van der Waals surface area (Å²) in [6.45, 7) is 6.07. The van der Waals surface area contributed by atoms with Gasteiger partial charge in [-0.2, -0.15) is 0 Å². The number of rotatable bonds is 3. The number of hydrogen-bond donors (Lipinski definition) is 1. The van der Waals surface area contributed by atoms with Crippen LogP contribution in [0.15, 0.2) is 18.2 Å². The van der Waals surface area contributed by atoms with E-state index in [-0.39, 0.29) is 11.9 Å². The van der Waals surface area contributed by atoms with Crippen LogP contribution in [-0.4, -0.2) is 42.6 Å². The Bertz CT molecular complexity index is 496. The van der Waals surface area contributed by atoms with Gasteiger partial charge in [0.1, 0.15) is 5.75 Å². The molecule has 1 aliphatic heterocycles. The number of halogens is 2. The van der Waals surface area contributed by atoms with Crippen LogP contribution in [0.2, 0.25) is 10.0 Å². The lowest BCUT2D eigenvalue weighted by Crippen LogP contribution is -2.55. The second-order valence-electron chi connectivity index (χ2n) is 4.92. The Hall–Kier alpha value is -0.970. The Morgan fingerprint density at radius 3 is 2.90 bits per heavy atom. The highest BCUT2D eigenvalue weighted by atomic mass is 35.5. The van der Waals surface area contributed by atoms with Crippen molar-refractivity contribution in [2.45, 2.75) is 26.0 Å². The van der Waals surface area contributed by atoms with Gasteiger partial charge in [0.05, 0.1) is 5.02 Å². The first-order chi connectivity index (χ1) is 9.49. The van der Waals surface area contributed by atoms with Crippen LogP contribution >= 0.6 is 23.2 Å². The number of carbonyl (C=O) groups excluding carboxylic acids is 1. The molecule has 1 aromatic rings. The highest BCUT2D eigenvalue weighted by molar-refractivity contribution is 6.35. The highest BCUT2D eigenvalue weighted by Crippen LogP contribution is 2.28. The van der Waals surface area contributed by atoms with Crippen molar-refractivity contribution in [2.75, 3.05) is 19.6 Å². The number of nitrogens with zero attached hydrogens (tertiary/aromatic N) is 1. The minimum Gasteiger partial charge on any atom is -0.479 e. The fraction of sp³-hybridized carbons (Fsp3) is 0.500. The van der Waals surface area contributed by atoms with Gasteiger partial charge in [0, 0.05) is 30.7 Å². The second kappa shape index (κ2) is 6.66. The normalized spacial score (nSPS) is 20.6. The van der Waals surface area contributed by atoms with Crippen molar-refractivity contribution in [1.29, 1.82) is 0 Å². The van der Waals surface area contributed by atoms with Crippen molar-refractivity contribution in [3.8, 4) is 5.75 Å². The molecular formula is C14H18Cl2N2O2. The third-order valence-corrected chi connectivity index (χ3v) is 3.86. The summed E-state index contributed by atoms with van der Waals surface area (Å²) in [4.78, 5) is 14.2. The number of carbonyl (C=O) groups is 1. The van der Waals surface area contributed by atoms with Crippen LogP contribution < -0.4 is 10.1 Å². The van der Waals surface area contributed by atoms with Gasteiger partial charge < -0.3 is 15.0 Å². The van der Waals surface area contributed by atoms with E-state index in [9.17, 15) is 4.79 Å². The molecule has 1 heterocycles. The lowest BCUT2D eigenvalue weighted by atomic mass is 10.2. The van der Waals surface area contributed by atoms with Crippen LogP contribution in [0.3, 0.4) is 0 Å². The average Bonchev–Trinajstić information content (AvgIpc) is 2.41. The second-order valence-corrected chi connectivity index (χ2v) is 5.76. The number of amides is 1. The van der Waals surface area contributed by atoms with Gasteiger partial charge in [-0.05, 0) is 32.0 Å². The van der Waals surface area contributed by atoms with Gasteiger partial charge >= 0.3 is 0 Å². The lowest BCUT2D eigenvalue weighted by Gasteiger charge is -2.35. The SMILES string of the molecule is CC(Oc1ccc(Cl)cc1Cl)C(=O)N1CCNC[C@@H]1C. The molecule has 1 unspecified atom stereocenters. The smallest absolute Gasteiger partial charge is 0.263 e. The van der Waals surface area contributed by atoms with Gasteiger partial charge in [-0.25, -0.2) is 0 Å². The molecule has 6 heteroatoms. The number of benzene rings is 1. The summed E-state index contributed by atoms with van der Waals surface area (Å²) in [5.74, 6) is 0.449. The molecule has 110 valence electrons. The molecule has 2 atom stereocenters. The standard InChI is InChI=1S/C14H18Cl2N2O2/c1-9-8-17-5-6-18(9)14(19)10(2)20-13-4-3-11(15)7-12(13)16/h3-4,7,9-10,17H,5-6,8H2,1-2H3/t9-,10?/m0/s1. The molecule has 0 aliphatic carbocycles. The van der Waals surface area contributed by atoms with Crippen LogP contribution in [0.25, 0.3) is 0 Å². The largest absolute Gasteiger partial charge is 0.479 e. The maximum Gasteiger partial charge on any atom is 0.263 e. The van der Waals surface area contributed by atoms with Crippen molar-refractivity contribution >= 4 is 29.1 Å². The molecular weight excluding hydrogens is 299 g/mol. The van der Waals surface area contributed by atoms with Gasteiger partial charge in [-0.15, -0.1) is 0 Å². The lowest BCUT2D eigenvalue weighted by molar-refractivity contribution is -0.140. The van der Waals surface area contributed by atoms with E-state index in [1.165, 1.54) is 0 Å². The summed E-state index contributed by atoms with van der Waals surface area (Å²) in [6, 6.07) is 5.13. The summed E-state index contributed by atoms with van der Waals surface area (Å²) >= 11 is 11.9. The van der Waals surface area contributed by atoms with E-state index in [0.29, 0.717) is 22.3 Å². The van der Waals surface area contributed by atoms with E-state index in [4.69, 9.17) is 27.9 Å². The predicted octanol–water partition coefficient (Wildman–Crippen LogP) is 2.58.